The molecule has 0 bridgehead atoms. The molecule has 16 heteroatoms. The van der Waals surface area contributed by atoms with E-state index in [-0.39, 0.29) is 39.8 Å². The lowest BCUT2D eigenvalue weighted by Gasteiger charge is -2.19. The zero-order valence-corrected chi connectivity index (χ0v) is 22.6. The van der Waals surface area contributed by atoms with Crippen LogP contribution in [0.5, 0.6) is 0 Å². The topological polar surface area (TPSA) is 180 Å². The number of nitrogens with one attached hydrogen (secondary N) is 1. The minimum absolute atomic E-state index is 0.00983. The van der Waals surface area contributed by atoms with Gasteiger partial charge in [-0.1, -0.05) is 19.9 Å². The summed E-state index contributed by atoms with van der Waals surface area (Å²) in [6.07, 6.45) is 0. The van der Waals surface area contributed by atoms with Crippen LogP contribution in [0, 0.1) is 17.0 Å². The van der Waals surface area contributed by atoms with E-state index in [1.165, 1.54) is 33.3 Å². The van der Waals surface area contributed by atoms with Gasteiger partial charge in [0.25, 0.3) is 11.6 Å². The number of nitro benzene ring substituents is 1. The zero-order chi connectivity index (χ0) is 28.0. The van der Waals surface area contributed by atoms with Gasteiger partial charge in [0.1, 0.15) is 0 Å². The number of sulfonamides is 1. The fourth-order valence-corrected chi connectivity index (χ4v) is 5.61. The van der Waals surface area contributed by atoms with Gasteiger partial charge in [0.2, 0.25) is 15.2 Å². The van der Waals surface area contributed by atoms with Crippen molar-refractivity contribution in [2.45, 2.75) is 35.7 Å². The van der Waals surface area contributed by atoms with Crippen LogP contribution in [-0.4, -0.2) is 69.4 Å². The summed E-state index contributed by atoms with van der Waals surface area (Å²) >= 11 is 0.987. The molecule has 0 radical (unpaired) electrons. The first-order valence-electron chi connectivity index (χ1n) is 11.2. The van der Waals surface area contributed by atoms with Crippen molar-refractivity contribution < 1.29 is 27.7 Å². The number of hydrogen-bond acceptors (Lipinski definition) is 11. The van der Waals surface area contributed by atoms with Crippen molar-refractivity contribution in [3.05, 3.63) is 57.6 Å². The number of hydrogen-bond donors (Lipinski definition) is 1. The molecule has 38 heavy (non-hydrogen) atoms. The third-order valence-corrected chi connectivity index (χ3v) is 8.49. The number of esters is 1. The monoisotopic (exact) mass is 563 g/mol. The molecule has 2 aromatic carbocycles. The highest BCUT2D eigenvalue weighted by Gasteiger charge is 2.24. The van der Waals surface area contributed by atoms with Crippen LogP contribution in [0.25, 0.3) is 0 Å². The predicted molar refractivity (Wildman–Crippen MR) is 136 cm³/mol. The number of nitro groups is 1. The lowest BCUT2D eigenvalue weighted by atomic mass is 10.2. The molecule has 202 valence electrons. The van der Waals surface area contributed by atoms with Gasteiger partial charge < -0.3 is 10.1 Å². The summed E-state index contributed by atoms with van der Waals surface area (Å²) in [6.45, 7) is 4.99. The first kappa shape index (κ1) is 28.7. The molecule has 1 amide bonds. The summed E-state index contributed by atoms with van der Waals surface area (Å²) in [4.78, 5) is 36.3. The second-order valence-electron chi connectivity index (χ2n) is 7.82. The average molecular weight is 564 g/mol. The number of rotatable bonds is 11. The van der Waals surface area contributed by atoms with Gasteiger partial charge in [-0.05, 0) is 52.9 Å². The molecule has 0 aliphatic heterocycles. The molecule has 3 rings (SSSR count). The second-order valence-corrected chi connectivity index (χ2v) is 10.8. The van der Waals surface area contributed by atoms with Gasteiger partial charge in [0.05, 0.1) is 15.4 Å². The zero-order valence-electron chi connectivity index (χ0n) is 20.9. The SMILES string of the molecule is CCN(CC)S(=O)(=O)c1ccc(C)c(NC(=O)COC(=O)c2cc([N+](=O)[O-])ccc2Sc2nnnn2C)c1. The van der Waals surface area contributed by atoms with Crippen molar-refractivity contribution in [3.63, 3.8) is 0 Å². The van der Waals surface area contributed by atoms with Crippen LogP contribution < -0.4 is 5.32 Å². The molecule has 0 atom stereocenters. The van der Waals surface area contributed by atoms with E-state index in [4.69, 9.17) is 4.74 Å². The van der Waals surface area contributed by atoms with E-state index < -0.39 is 33.4 Å². The van der Waals surface area contributed by atoms with Crippen molar-refractivity contribution in [2.24, 2.45) is 7.05 Å². The molecule has 0 saturated carbocycles. The number of aromatic nitrogens is 4. The number of anilines is 1. The van der Waals surface area contributed by atoms with Crippen LogP contribution in [0.3, 0.4) is 0 Å². The number of carbonyl (C=O) groups is 2. The van der Waals surface area contributed by atoms with Gasteiger partial charge in [-0.3, -0.25) is 14.9 Å². The highest BCUT2D eigenvalue weighted by molar-refractivity contribution is 7.99. The first-order chi connectivity index (χ1) is 18.0. The molecule has 1 heterocycles. The third-order valence-electron chi connectivity index (χ3n) is 5.34. The number of tetrazole rings is 1. The normalized spacial score (nSPS) is 11.4. The summed E-state index contributed by atoms with van der Waals surface area (Å²) < 4.78 is 33.4. The molecule has 0 saturated heterocycles. The number of ether oxygens (including phenoxy) is 1. The fraction of sp³-hybridized carbons (Fsp3) is 0.318. The molecule has 0 unspecified atom stereocenters. The van der Waals surface area contributed by atoms with Crippen molar-refractivity contribution in [1.29, 1.82) is 0 Å². The maximum absolute atomic E-state index is 12.8. The van der Waals surface area contributed by atoms with Gasteiger partial charge in [0, 0.05) is 42.9 Å². The van der Waals surface area contributed by atoms with E-state index in [0.29, 0.717) is 10.7 Å². The van der Waals surface area contributed by atoms with E-state index in [1.807, 2.05) is 0 Å². The molecule has 1 N–H and O–H groups in total. The smallest absolute Gasteiger partial charge is 0.340 e. The minimum atomic E-state index is -3.76. The quantitative estimate of drug-likeness (QED) is 0.206. The Labute approximate surface area is 222 Å². The lowest BCUT2D eigenvalue weighted by molar-refractivity contribution is -0.384. The van der Waals surface area contributed by atoms with E-state index in [0.717, 1.165) is 17.8 Å². The summed E-state index contributed by atoms with van der Waals surface area (Å²) in [5.74, 6) is -1.70. The molecule has 0 fully saturated rings. The Hall–Kier alpha value is -3.89. The van der Waals surface area contributed by atoms with Crippen molar-refractivity contribution in [1.82, 2.24) is 24.5 Å². The molecule has 0 aliphatic carbocycles. The Balaban J connectivity index is 1.76. The van der Waals surface area contributed by atoms with E-state index in [2.05, 4.69) is 20.8 Å². The summed E-state index contributed by atoms with van der Waals surface area (Å²) in [5.41, 5.74) is 0.339. The van der Waals surface area contributed by atoms with Gasteiger partial charge >= 0.3 is 5.97 Å². The molecule has 0 aliphatic rings. The molecule has 3 aromatic rings. The summed E-state index contributed by atoms with van der Waals surface area (Å²) in [6, 6.07) is 7.97. The average Bonchev–Trinajstić information content (AvgIpc) is 3.28. The largest absolute Gasteiger partial charge is 0.452 e. The highest BCUT2D eigenvalue weighted by atomic mass is 32.2. The number of non-ortho nitro benzene ring substituents is 1. The molecule has 1 aromatic heterocycles. The highest BCUT2D eigenvalue weighted by Crippen LogP contribution is 2.31. The number of benzene rings is 2. The van der Waals surface area contributed by atoms with Crippen LogP contribution in [0.15, 0.2) is 51.3 Å². The Morgan fingerprint density at radius 2 is 1.89 bits per heavy atom. The van der Waals surface area contributed by atoms with Gasteiger partial charge in [-0.25, -0.2) is 17.9 Å². The Morgan fingerprint density at radius 3 is 2.50 bits per heavy atom. The molecular formula is C22H25N7O7S2. The molecular weight excluding hydrogens is 538 g/mol. The van der Waals surface area contributed by atoms with Crippen LogP contribution in [-0.2, 0) is 26.6 Å². The Bertz CT molecular complexity index is 1470. The van der Waals surface area contributed by atoms with Gasteiger partial charge in [-0.2, -0.15) is 4.31 Å². The van der Waals surface area contributed by atoms with Crippen molar-refractivity contribution >= 4 is 45.0 Å². The lowest BCUT2D eigenvalue weighted by Crippen LogP contribution is -2.30. The third kappa shape index (κ3) is 6.51. The second kappa shape index (κ2) is 12.1. The fourth-order valence-electron chi connectivity index (χ4n) is 3.29. The van der Waals surface area contributed by atoms with Gasteiger partial charge in [-0.15, -0.1) is 5.10 Å². The minimum Gasteiger partial charge on any atom is -0.452 e. The van der Waals surface area contributed by atoms with Gasteiger partial charge in [0.15, 0.2) is 6.61 Å². The van der Waals surface area contributed by atoms with Crippen LogP contribution >= 0.6 is 11.8 Å². The summed E-state index contributed by atoms with van der Waals surface area (Å²) in [7, 11) is -2.17. The van der Waals surface area contributed by atoms with Crippen LogP contribution in [0.1, 0.15) is 29.8 Å². The number of carbonyl (C=O) groups excluding carboxylic acids is 2. The van der Waals surface area contributed by atoms with E-state index in [9.17, 15) is 28.1 Å². The Morgan fingerprint density at radius 1 is 1.18 bits per heavy atom. The van der Waals surface area contributed by atoms with Crippen molar-refractivity contribution in [3.8, 4) is 0 Å². The molecule has 0 spiro atoms. The number of amides is 1. The van der Waals surface area contributed by atoms with E-state index >= 15 is 0 Å². The van der Waals surface area contributed by atoms with E-state index in [1.54, 1.807) is 33.9 Å². The van der Waals surface area contributed by atoms with Crippen molar-refractivity contribution in [2.75, 3.05) is 25.0 Å². The maximum atomic E-state index is 12.8. The standard InChI is InChI=1S/C22H25N7O7S2/c1-5-28(6-2)38(34,35)16-9-7-14(3)18(12-16)23-20(30)13-36-21(31)17-11-15(29(32)33)8-10-19(17)37-22-24-25-26-27(22)4/h7-12H,5-6,13H2,1-4H3,(H,23,30). The summed E-state index contributed by atoms with van der Waals surface area (Å²) in [5, 5.41) is 25.1. The number of nitrogens with zero attached hydrogens (tertiary/aromatic N) is 6. The first-order valence-corrected chi connectivity index (χ1v) is 13.5. The molecule has 14 nitrogen and oxygen atoms in total. The van der Waals surface area contributed by atoms with Crippen LogP contribution in [0.4, 0.5) is 11.4 Å². The predicted octanol–water partition coefficient (Wildman–Crippen LogP) is 2.40. The van der Waals surface area contributed by atoms with Crippen LogP contribution in [0.2, 0.25) is 0 Å². The Kier molecular flexibility index (Phi) is 9.13. The maximum Gasteiger partial charge on any atom is 0.340 e. The number of aryl methyl sites for hydroxylation is 2.